The Balaban J connectivity index is 1.79. The summed E-state index contributed by atoms with van der Waals surface area (Å²) in [6, 6.07) is 2.68. The Morgan fingerprint density at radius 3 is 2.95 bits per heavy atom. The molecule has 3 nitrogen and oxygen atoms in total. The number of rotatable bonds is 5. The largest absolute Gasteiger partial charge is 0.308 e. The first kappa shape index (κ1) is 14.4. The van der Waals surface area contributed by atoms with Gasteiger partial charge in [0.1, 0.15) is 5.82 Å². The van der Waals surface area contributed by atoms with E-state index < -0.39 is 0 Å². The topological polar surface area (TPSA) is 37.8 Å². The maximum atomic E-state index is 4.45. The van der Waals surface area contributed by atoms with E-state index in [1.54, 1.807) is 0 Å². The van der Waals surface area contributed by atoms with Crippen LogP contribution < -0.4 is 5.32 Å². The molecule has 0 saturated heterocycles. The highest BCUT2D eigenvalue weighted by Gasteiger charge is 2.22. The second-order valence-electron chi connectivity index (χ2n) is 6.34. The molecule has 0 bridgehead atoms. The number of nitrogens with one attached hydrogen (secondary N) is 1. The van der Waals surface area contributed by atoms with E-state index in [1.807, 2.05) is 19.2 Å². The summed E-state index contributed by atoms with van der Waals surface area (Å²) in [5.41, 5.74) is 1.11. The second kappa shape index (κ2) is 6.99. The molecule has 1 heterocycles. The van der Waals surface area contributed by atoms with Crippen LogP contribution in [0.15, 0.2) is 12.3 Å². The Labute approximate surface area is 117 Å². The van der Waals surface area contributed by atoms with Crippen molar-refractivity contribution >= 4 is 0 Å². The average molecular weight is 261 g/mol. The lowest BCUT2D eigenvalue weighted by atomic mass is 9.81. The van der Waals surface area contributed by atoms with Crippen LogP contribution in [0.1, 0.15) is 57.5 Å². The standard InChI is InChI=1S/C16H27N3/c1-12(2)9-14-5-4-6-15(10-14)18-11-16-7-8-17-13(3)19-16/h7-8,12,14-15,18H,4-6,9-11H2,1-3H3. The molecule has 1 aromatic rings. The SMILES string of the molecule is Cc1nccc(CNC2CCCC(CC(C)C)C2)n1. The van der Waals surface area contributed by atoms with Crippen LogP contribution >= 0.6 is 0 Å². The minimum absolute atomic E-state index is 0.674. The Morgan fingerprint density at radius 2 is 2.21 bits per heavy atom. The van der Waals surface area contributed by atoms with Crippen LogP contribution in [0.3, 0.4) is 0 Å². The molecule has 2 unspecified atom stereocenters. The van der Waals surface area contributed by atoms with Gasteiger partial charge in [-0.3, -0.25) is 0 Å². The summed E-state index contributed by atoms with van der Waals surface area (Å²) in [4.78, 5) is 8.59. The summed E-state index contributed by atoms with van der Waals surface area (Å²) in [6.07, 6.45) is 8.67. The van der Waals surface area contributed by atoms with Gasteiger partial charge in [-0.05, 0) is 44.1 Å². The van der Waals surface area contributed by atoms with Crippen molar-refractivity contribution in [3.63, 3.8) is 0 Å². The third-order valence-electron chi connectivity index (χ3n) is 3.99. The fraction of sp³-hybridized carbons (Fsp3) is 0.750. The third-order valence-corrected chi connectivity index (χ3v) is 3.99. The van der Waals surface area contributed by atoms with E-state index in [0.29, 0.717) is 6.04 Å². The molecule has 0 aliphatic heterocycles. The molecule has 0 radical (unpaired) electrons. The second-order valence-corrected chi connectivity index (χ2v) is 6.34. The zero-order valence-electron chi connectivity index (χ0n) is 12.5. The van der Waals surface area contributed by atoms with Crippen LogP contribution in [-0.4, -0.2) is 16.0 Å². The summed E-state index contributed by atoms with van der Waals surface area (Å²) < 4.78 is 0. The summed E-state index contributed by atoms with van der Waals surface area (Å²) in [7, 11) is 0. The summed E-state index contributed by atoms with van der Waals surface area (Å²) in [5, 5.41) is 3.68. The summed E-state index contributed by atoms with van der Waals surface area (Å²) in [5.74, 6) is 2.60. The molecule has 19 heavy (non-hydrogen) atoms. The number of aryl methyl sites for hydroxylation is 1. The van der Waals surface area contributed by atoms with E-state index in [9.17, 15) is 0 Å². The lowest BCUT2D eigenvalue weighted by molar-refractivity contribution is 0.251. The van der Waals surface area contributed by atoms with E-state index >= 15 is 0 Å². The van der Waals surface area contributed by atoms with Gasteiger partial charge in [-0.1, -0.05) is 26.7 Å². The van der Waals surface area contributed by atoms with Crippen molar-refractivity contribution in [3.05, 3.63) is 23.8 Å². The van der Waals surface area contributed by atoms with E-state index in [-0.39, 0.29) is 0 Å². The van der Waals surface area contributed by atoms with Crippen LogP contribution in [0.5, 0.6) is 0 Å². The zero-order chi connectivity index (χ0) is 13.7. The number of hydrogen-bond donors (Lipinski definition) is 1. The van der Waals surface area contributed by atoms with Crippen molar-refractivity contribution in [2.24, 2.45) is 11.8 Å². The first-order valence-corrected chi connectivity index (χ1v) is 7.65. The Bertz CT molecular complexity index is 389. The fourth-order valence-electron chi connectivity index (χ4n) is 3.21. The maximum absolute atomic E-state index is 4.45. The van der Waals surface area contributed by atoms with Gasteiger partial charge in [0.2, 0.25) is 0 Å². The molecule has 0 aromatic carbocycles. The Morgan fingerprint density at radius 1 is 1.37 bits per heavy atom. The average Bonchev–Trinajstić information content (AvgIpc) is 2.36. The van der Waals surface area contributed by atoms with Gasteiger partial charge in [-0.15, -0.1) is 0 Å². The minimum atomic E-state index is 0.674. The summed E-state index contributed by atoms with van der Waals surface area (Å²) in [6.45, 7) is 7.49. The number of aromatic nitrogens is 2. The molecule has 1 N–H and O–H groups in total. The molecule has 0 amide bonds. The minimum Gasteiger partial charge on any atom is -0.308 e. The van der Waals surface area contributed by atoms with Gasteiger partial charge in [0.05, 0.1) is 5.69 Å². The quantitative estimate of drug-likeness (QED) is 0.882. The molecule has 2 atom stereocenters. The van der Waals surface area contributed by atoms with Crippen LogP contribution in [0, 0.1) is 18.8 Å². The van der Waals surface area contributed by atoms with Crippen LogP contribution in [0.25, 0.3) is 0 Å². The summed E-state index contributed by atoms with van der Waals surface area (Å²) >= 11 is 0. The molecule has 1 aromatic heterocycles. The van der Waals surface area contributed by atoms with Gasteiger partial charge in [-0.25, -0.2) is 9.97 Å². The Kier molecular flexibility index (Phi) is 5.32. The molecule has 1 aliphatic rings. The van der Waals surface area contributed by atoms with Crippen molar-refractivity contribution in [2.75, 3.05) is 0 Å². The lowest BCUT2D eigenvalue weighted by Crippen LogP contribution is -2.34. The normalized spacial score (nSPS) is 23.8. The predicted octanol–water partition coefficient (Wildman–Crippen LogP) is 3.48. The van der Waals surface area contributed by atoms with Crippen molar-refractivity contribution in [3.8, 4) is 0 Å². The molecular formula is C16H27N3. The first-order chi connectivity index (χ1) is 9.13. The van der Waals surface area contributed by atoms with E-state index in [1.165, 1.54) is 32.1 Å². The Hall–Kier alpha value is -0.960. The monoisotopic (exact) mass is 261 g/mol. The first-order valence-electron chi connectivity index (χ1n) is 7.65. The zero-order valence-corrected chi connectivity index (χ0v) is 12.5. The molecule has 106 valence electrons. The van der Waals surface area contributed by atoms with Crippen molar-refractivity contribution in [1.29, 1.82) is 0 Å². The number of nitrogens with zero attached hydrogens (tertiary/aromatic N) is 2. The predicted molar refractivity (Wildman–Crippen MR) is 78.8 cm³/mol. The smallest absolute Gasteiger partial charge is 0.125 e. The van der Waals surface area contributed by atoms with Gasteiger partial charge in [0.25, 0.3) is 0 Å². The van der Waals surface area contributed by atoms with Crippen LogP contribution in [-0.2, 0) is 6.54 Å². The van der Waals surface area contributed by atoms with E-state index in [2.05, 4.69) is 29.1 Å². The van der Waals surface area contributed by atoms with E-state index in [4.69, 9.17) is 0 Å². The highest BCUT2D eigenvalue weighted by atomic mass is 15.0. The molecule has 2 rings (SSSR count). The van der Waals surface area contributed by atoms with Gasteiger partial charge >= 0.3 is 0 Å². The van der Waals surface area contributed by atoms with Gasteiger partial charge in [0, 0.05) is 18.8 Å². The maximum Gasteiger partial charge on any atom is 0.125 e. The van der Waals surface area contributed by atoms with E-state index in [0.717, 1.165) is 29.9 Å². The van der Waals surface area contributed by atoms with Gasteiger partial charge in [-0.2, -0.15) is 0 Å². The highest BCUT2D eigenvalue weighted by molar-refractivity contribution is 5.01. The van der Waals surface area contributed by atoms with Crippen molar-refractivity contribution in [1.82, 2.24) is 15.3 Å². The lowest BCUT2D eigenvalue weighted by Gasteiger charge is -2.30. The van der Waals surface area contributed by atoms with Crippen LogP contribution in [0.2, 0.25) is 0 Å². The highest BCUT2D eigenvalue weighted by Crippen LogP contribution is 2.29. The third kappa shape index (κ3) is 4.90. The fourth-order valence-corrected chi connectivity index (χ4v) is 3.21. The molecule has 1 saturated carbocycles. The number of hydrogen-bond acceptors (Lipinski definition) is 3. The molecule has 1 aliphatic carbocycles. The van der Waals surface area contributed by atoms with Gasteiger partial charge in [0.15, 0.2) is 0 Å². The van der Waals surface area contributed by atoms with Crippen LogP contribution in [0.4, 0.5) is 0 Å². The van der Waals surface area contributed by atoms with Crippen molar-refractivity contribution in [2.45, 2.75) is 65.5 Å². The molecular weight excluding hydrogens is 234 g/mol. The van der Waals surface area contributed by atoms with Gasteiger partial charge < -0.3 is 5.32 Å². The van der Waals surface area contributed by atoms with Crippen molar-refractivity contribution < 1.29 is 0 Å². The molecule has 3 heteroatoms. The molecule has 1 fully saturated rings. The molecule has 0 spiro atoms.